The zero-order valence-electron chi connectivity index (χ0n) is 28.7. The van der Waals surface area contributed by atoms with Gasteiger partial charge in [-0.25, -0.2) is 49.0 Å². The van der Waals surface area contributed by atoms with E-state index in [1.165, 1.54) is 53.2 Å². The third-order valence-corrected chi connectivity index (χ3v) is 7.49. The normalized spacial score (nSPS) is 12.3. The van der Waals surface area contributed by atoms with E-state index in [0.29, 0.717) is 4.59 Å². The van der Waals surface area contributed by atoms with Crippen LogP contribution in [0.15, 0.2) is 36.4 Å². The Kier molecular flexibility index (Phi) is 10.8. The van der Waals surface area contributed by atoms with Gasteiger partial charge < -0.3 is 4.59 Å². The minimum absolute atomic E-state index is 0.0870. The molecule has 0 aliphatic rings. The molecule has 0 N–H and O–H groups in total. The van der Waals surface area contributed by atoms with Crippen LogP contribution in [-0.4, -0.2) is 21.5 Å². The molecular formula is C35H36BF10N3. The summed E-state index contributed by atoms with van der Waals surface area (Å²) >= 11 is 0. The molecule has 0 amide bonds. The summed E-state index contributed by atoms with van der Waals surface area (Å²) in [5, 5.41) is 4.28. The Morgan fingerprint density at radius 3 is 1.22 bits per heavy atom. The predicted molar refractivity (Wildman–Crippen MR) is 171 cm³/mol. The van der Waals surface area contributed by atoms with Crippen molar-refractivity contribution in [1.82, 2.24) is 9.69 Å². The Hall–Kier alpha value is -4.28. The zero-order valence-corrected chi connectivity index (χ0v) is 28.7. The van der Waals surface area contributed by atoms with Crippen LogP contribution in [0.5, 0.6) is 0 Å². The molecule has 0 aliphatic heterocycles. The molecule has 0 atom stereocenters. The summed E-state index contributed by atoms with van der Waals surface area (Å²) in [6.07, 6.45) is -4.72. The second-order valence-electron chi connectivity index (χ2n) is 14.7. The van der Waals surface area contributed by atoms with Crippen LogP contribution < -0.4 is 10.9 Å². The maximum atomic E-state index is 15.8. The minimum Gasteiger partial charge on any atom is -0.412 e. The van der Waals surface area contributed by atoms with Gasteiger partial charge in [0.15, 0.2) is 34.9 Å². The van der Waals surface area contributed by atoms with Gasteiger partial charge in [0, 0.05) is 31.9 Å². The van der Waals surface area contributed by atoms with E-state index >= 15 is 17.6 Å². The molecule has 3 aromatic carbocycles. The first-order valence-electron chi connectivity index (χ1n) is 15.1. The van der Waals surface area contributed by atoms with Crippen molar-refractivity contribution >= 4 is 17.2 Å². The first kappa shape index (κ1) is 39.2. The molecule has 0 radical (unpaired) electrons. The number of nitrogens with zero attached hydrogens (tertiary/aromatic N) is 3. The molecule has 3 nitrogen and oxygen atoms in total. The highest BCUT2D eigenvalue weighted by Gasteiger charge is 2.51. The fraction of sp³-hybridized carbons (Fsp3) is 0.371. The fourth-order valence-corrected chi connectivity index (χ4v) is 4.99. The number of halogens is 10. The lowest BCUT2D eigenvalue weighted by molar-refractivity contribution is 0.381. The van der Waals surface area contributed by atoms with Gasteiger partial charge in [-0.15, -0.1) is 4.85 Å². The third kappa shape index (κ3) is 7.50. The lowest BCUT2D eigenvalue weighted by Crippen LogP contribution is -2.69. The van der Waals surface area contributed by atoms with E-state index in [9.17, 15) is 26.3 Å². The van der Waals surface area contributed by atoms with Gasteiger partial charge in [-0.1, -0.05) is 88.4 Å². The molecule has 264 valence electrons. The first-order chi connectivity index (χ1) is 22.3. The van der Waals surface area contributed by atoms with Crippen molar-refractivity contribution in [1.29, 1.82) is 0 Å². The van der Waals surface area contributed by atoms with Crippen molar-refractivity contribution in [2.24, 2.45) is 0 Å². The highest BCUT2D eigenvalue weighted by Crippen LogP contribution is 2.33. The van der Waals surface area contributed by atoms with Crippen LogP contribution in [0.3, 0.4) is 0 Å². The molecule has 1 aromatic heterocycles. The van der Waals surface area contributed by atoms with Crippen molar-refractivity contribution in [2.45, 2.75) is 85.6 Å². The molecule has 49 heavy (non-hydrogen) atoms. The highest BCUT2D eigenvalue weighted by atomic mass is 19.2. The van der Waals surface area contributed by atoms with Crippen molar-refractivity contribution < 1.29 is 43.9 Å². The lowest BCUT2D eigenvalue weighted by atomic mass is 9.28. The van der Waals surface area contributed by atoms with Gasteiger partial charge in [-0.2, -0.15) is 0 Å². The summed E-state index contributed by atoms with van der Waals surface area (Å²) < 4.78 is 151. The second-order valence-corrected chi connectivity index (χ2v) is 14.7. The fourth-order valence-electron chi connectivity index (χ4n) is 4.99. The summed E-state index contributed by atoms with van der Waals surface area (Å²) in [5.41, 5.74) is -6.00. The van der Waals surface area contributed by atoms with Gasteiger partial charge in [0.1, 0.15) is 23.3 Å². The lowest BCUT2D eigenvalue weighted by Gasteiger charge is -2.38. The van der Waals surface area contributed by atoms with E-state index in [1.54, 1.807) is 20.8 Å². The first-order valence-corrected chi connectivity index (χ1v) is 15.1. The van der Waals surface area contributed by atoms with Crippen LogP contribution in [0.25, 0.3) is 4.85 Å². The average molecular weight is 699 g/mol. The largest absolute Gasteiger partial charge is 0.412 e. The number of rotatable bonds is 3. The Morgan fingerprint density at radius 2 is 0.939 bits per heavy atom. The minimum atomic E-state index is -4.72. The van der Waals surface area contributed by atoms with Gasteiger partial charge in [0.25, 0.3) is 5.54 Å². The number of benzene rings is 3. The maximum absolute atomic E-state index is 15.8. The molecule has 4 rings (SSSR count). The molecule has 14 heteroatoms. The molecule has 4 aromatic rings. The highest BCUT2D eigenvalue weighted by molar-refractivity contribution is 7.06. The van der Waals surface area contributed by atoms with E-state index in [2.05, 4.69) is 35.0 Å². The number of aromatic nitrogens is 2. The molecule has 0 fully saturated rings. The summed E-state index contributed by atoms with van der Waals surface area (Å²) in [7, 11) is 0. The summed E-state index contributed by atoms with van der Waals surface area (Å²) in [4.78, 5) is 3.95. The molecule has 0 aliphatic carbocycles. The summed E-state index contributed by atoms with van der Waals surface area (Å²) in [6, 6.07) is 11.6. The van der Waals surface area contributed by atoms with Gasteiger partial charge in [0.2, 0.25) is 0 Å². The Labute approximate surface area is 278 Å². The second kappa shape index (κ2) is 13.6. The van der Waals surface area contributed by atoms with Crippen LogP contribution in [-0.2, 0) is 10.8 Å². The molecular weight excluding hydrogens is 663 g/mol. The van der Waals surface area contributed by atoms with E-state index in [4.69, 9.17) is 0 Å². The number of hydrogen-bond donors (Lipinski definition) is 0. The van der Waals surface area contributed by atoms with Crippen molar-refractivity contribution in [3.05, 3.63) is 116 Å². The number of aryl methyl sites for hydroxylation is 1. The summed E-state index contributed by atoms with van der Waals surface area (Å²) in [6.45, 7) is 15.7. The van der Waals surface area contributed by atoms with E-state index < -0.39 is 91.7 Å². The van der Waals surface area contributed by atoms with Crippen LogP contribution in [0.2, 0.25) is 0 Å². The monoisotopic (exact) mass is 699 g/mol. The third-order valence-electron chi connectivity index (χ3n) is 7.49. The van der Waals surface area contributed by atoms with E-state index in [-0.39, 0.29) is 11.4 Å². The van der Waals surface area contributed by atoms with Gasteiger partial charge >= 0.3 is 6.28 Å². The van der Waals surface area contributed by atoms with Crippen LogP contribution in [0.4, 0.5) is 43.9 Å². The Bertz CT molecular complexity index is 1810. The quantitative estimate of drug-likeness (QED) is 0.0906. The van der Waals surface area contributed by atoms with E-state index in [1.807, 2.05) is 18.2 Å². The van der Waals surface area contributed by atoms with Crippen molar-refractivity contribution in [3.8, 4) is 5.97 Å². The molecule has 0 spiro atoms. The van der Waals surface area contributed by atoms with Crippen LogP contribution >= 0.6 is 0 Å². The van der Waals surface area contributed by atoms with Gasteiger partial charge in [0.05, 0.1) is 11.7 Å². The Balaban J connectivity index is 0.000000823. The maximum Gasteiger partial charge on any atom is 0.335 e. The zero-order chi connectivity index (χ0) is 37.6. The van der Waals surface area contributed by atoms with Crippen molar-refractivity contribution in [3.63, 3.8) is 0 Å². The molecule has 0 unspecified atom stereocenters. The van der Waals surface area contributed by atoms with Gasteiger partial charge in [-0.05, 0) is 18.4 Å². The SMILES string of the molecule is CC(C)(C)[N+]#C[B-](c1c(F)c(F)c(F)c(F)c1F)(c1c(F)c(F)c(F)c(F)c1F)n1nc(C(C)(C)C)cc1C(C)(C)C.Cc1ccccc1. The van der Waals surface area contributed by atoms with Crippen molar-refractivity contribution in [2.75, 3.05) is 0 Å². The summed E-state index contributed by atoms with van der Waals surface area (Å²) in [5.74, 6) is -23.6. The topological polar surface area (TPSA) is 22.2 Å². The average Bonchev–Trinajstić information content (AvgIpc) is 3.48. The van der Waals surface area contributed by atoms with E-state index in [0.717, 1.165) is 0 Å². The molecule has 0 saturated heterocycles. The number of hydrogen-bond acceptors (Lipinski definition) is 1. The smallest absolute Gasteiger partial charge is 0.335 e. The van der Waals surface area contributed by atoms with Gasteiger partial charge in [-0.3, -0.25) is 0 Å². The van der Waals surface area contributed by atoms with Crippen LogP contribution in [0, 0.1) is 71.1 Å². The molecule has 0 bridgehead atoms. The Morgan fingerprint density at radius 1 is 0.571 bits per heavy atom. The standard InChI is InChI=1S/C28H28BF10N3.C7H8/c1-26(2,3)12-10-13(27(4,5)6)42(41-12)29(11-40-28(7,8)9,14-16(30)20(34)24(38)21(35)17(14)31)15-18(32)22(36)25(39)23(37)19(15)33;1-7-5-3-2-4-6-7/h10H,1-9H3;2-6H,1H3. The molecule has 1 heterocycles. The van der Waals surface area contributed by atoms with Crippen LogP contribution in [0.1, 0.15) is 79.3 Å². The predicted octanol–water partition coefficient (Wildman–Crippen LogP) is 9.14. The molecule has 0 saturated carbocycles.